The van der Waals surface area contributed by atoms with E-state index in [9.17, 15) is 0 Å². The van der Waals surface area contributed by atoms with Gasteiger partial charge in [-0.15, -0.1) is 0 Å². The van der Waals surface area contributed by atoms with E-state index in [0.29, 0.717) is 6.04 Å². The quantitative estimate of drug-likeness (QED) is 0.768. The molecule has 15 heavy (non-hydrogen) atoms. The summed E-state index contributed by atoms with van der Waals surface area (Å²) in [5.74, 6) is 0. The molecule has 1 N–H and O–H groups in total. The number of benzene rings is 1. The lowest BCUT2D eigenvalue weighted by molar-refractivity contribution is 0.656. The van der Waals surface area contributed by atoms with E-state index in [1.54, 1.807) is 0 Å². The highest BCUT2D eigenvalue weighted by molar-refractivity contribution is 6.31. The summed E-state index contributed by atoms with van der Waals surface area (Å²) in [6.07, 6.45) is 6.01. The van der Waals surface area contributed by atoms with Crippen LogP contribution in [0.2, 0.25) is 5.02 Å². The summed E-state index contributed by atoms with van der Waals surface area (Å²) in [5, 5.41) is 4.20. The minimum absolute atomic E-state index is 0.293. The topological polar surface area (TPSA) is 12.0 Å². The molecular weight excluding hydrogens is 206 g/mol. The van der Waals surface area contributed by atoms with E-state index < -0.39 is 0 Å². The Labute approximate surface area is 96.1 Å². The van der Waals surface area contributed by atoms with Crippen molar-refractivity contribution < 1.29 is 0 Å². The van der Waals surface area contributed by atoms with Gasteiger partial charge in [-0.2, -0.15) is 0 Å². The number of allylic oxidation sites excluding steroid dienone is 1. The molecule has 1 aromatic carbocycles. The molecule has 1 aliphatic rings. The zero-order valence-corrected chi connectivity index (χ0v) is 9.72. The van der Waals surface area contributed by atoms with Gasteiger partial charge in [-0.1, -0.05) is 41.4 Å². The molecule has 0 fully saturated rings. The minimum atomic E-state index is 0.293. The van der Waals surface area contributed by atoms with Gasteiger partial charge < -0.3 is 5.32 Å². The zero-order chi connectivity index (χ0) is 10.7. The van der Waals surface area contributed by atoms with E-state index in [-0.39, 0.29) is 0 Å². The van der Waals surface area contributed by atoms with Crippen molar-refractivity contribution in [3.05, 3.63) is 46.5 Å². The Balaban J connectivity index is 2.30. The first-order valence-corrected chi connectivity index (χ1v) is 5.81. The molecule has 80 valence electrons. The molecule has 1 atom stereocenters. The molecule has 0 saturated carbocycles. The zero-order valence-electron chi connectivity index (χ0n) is 8.96. The van der Waals surface area contributed by atoms with Crippen LogP contribution in [0.5, 0.6) is 0 Å². The van der Waals surface area contributed by atoms with Gasteiger partial charge >= 0.3 is 0 Å². The maximum Gasteiger partial charge on any atom is 0.0548 e. The Bertz CT molecular complexity index is 371. The van der Waals surface area contributed by atoms with Crippen molar-refractivity contribution in [2.45, 2.75) is 25.3 Å². The van der Waals surface area contributed by atoms with Crippen LogP contribution in [0.1, 0.15) is 30.9 Å². The summed E-state index contributed by atoms with van der Waals surface area (Å²) in [6.45, 7) is 0. The molecule has 1 nitrogen and oxygen atoms in total. The molecule has 0 amide bonds. The van der Waals surface area contributed by atoms with Gasteiger partial charge in [0.1, 0.15) is 0 Å². The van der Waals surface area contributed by atoms with Gasteiger partial charge in [0.2, 0.25) is 0 Å². The fraction of sp³-hybridized carbons (Fsp3) is 0.385. The van der Waals surface area contributed by atoms with Gasteiger partial charge in [0.05, 0.1) is 6.04 Å². The number of nitrogens with one attached hydrogen (secondary N) is 1. The van der Waals surface area contributed by atoms with Crippen LogP contribution in [0.15, 0.2) is 35.9 Å². The highest BCUT2D eigenvalue weighted by Crippen LogP contribution is 2.33. The van der Waals surface area contributed by atoms with Gasteiger partial charge in [0, 0.05) is 5.02 Å². The average Bonchev–Trinajstić information content (AvgIpc) is 2.75. The maximum atomic E-state index is 6.21. The monoisotopic (exact) mass is 221 g/mol. The fourth-order valence-corrected chi connectivity index (χ4v) is 2.45. The smallest absolute Gasteiger partial charge is 0.0548 e. The normalized spacial score (nSPS) is 17.6. The number of likely N-dealkylation sites (N-methyl/N-ethyl adjacent to an activating group) is 1. The van der Waals surface area contributed by atoms with Crippen LogP contribution in [0.25, 0.3) is 0 Å². The molecule has 0 spiro atoms. The van der Waals surface area contributed by atoms with E-state index in [1.807, 2.05) is 25.2 Å². The Hall–Kier alpha value is -0.790. The third kappa shape index (κ3) is 2.24. The number of rotatable bonds is 3. The first-order valence-electron chi connectivity index (χ1n) is 5.43. The van der Waals surface area contributed by atoms with E-state index >= 15 is 0 Å². The van der Waals surface area contributed by atoms with Crippen molar-refractivity contribution >= 4 is 11.6 Å². The van der Waals surface area contributed by atoms with Gasteiger partial charge in [-0.05, 0) is 37.9 Å². The molecule has 2 heteroatoms. The maximum absolute atomic E-state index is 6.21. The van der Waals surface area contributed by atoms with Gasteiger partial charge in [-0.3, -0.25) is 0 Å². The van der Waals surface area contributed by atoms with Crippen LogP contribution >= 0.6 is 11.6 Å². The van der Waals surface area contributed by atoms with Crippen LogP contribution in [-0.4, -0.2) is 7.05 Å². The summed E-state index contributed by atoms with van der Waals surface area (Å²) in [7, 11) is 1.99. The molecule has 0 bridgehead atoms. The summed E-state index contributed by atoms with van der Waals surface area (Å²) in [6, 6.07) is 8.36. The lowest BCUT2D eigenvalue weighted by atomic mass is 9.98. The molecule has 0 aliphatic heterocycles. The second-order valence-electron chi connectivity index (χ2n) is 3.91. The molecule has 0 saturated heterocycles. The van der Waals surface area contributed by atoms with Crippen LogP contribution in [0.4, 0.5) is 0 Å². The van der Waals surface area contributed by atoms with Gasteiger partial charge in [0.15, 0.2) is 0 Å². The summed E-state index contributed by atoms with van der Waals surface area (Å²) < 4.78 is 0. The number of halogens is 1. The van der Waals surface area contributed by atoms with E-state index in [2.05, 4.69) is 17.5 Å². The van der Waals surface area contributed by atoms with Crippen LogP contribution in [0, 0.1) is 0 Å². The Morgan fingerprint density at radius 2 is 2.13 bits per heavy atom. The van der Waals surface area contributed by atoms with Crippen molar-refractivity contribution in [3.8, 4) is 0 Å². The largest absolute Gasteiger partial charge is 0.310 e. The van der Waals surface area contributed by atoms with Crippen molar-refractivity contribution in [1.82, 2.24) is 5.32 Å². The van der Waals surface area contributed by atoms with Crippen LogP contribution in [0.3, 0.4) is 0 Å². The fourth-order valence-electron chi connectivity index (χ4n) is 2.21. The number of hydrogen-bond donors (Lipinski definition) is 1. The average molecular weight is 222 g/mol. The van der Waals surface area contributed by atoms with Crippen molar-refractivity contribution in [2.24, 2.45) is 0 Å². The molecule has 0 radical (unpaired) electrons. The minimum Gasteiger partial charge on any atom is -0.310 e. The Morgan fingerprint density at radius 1 is 1.33 bits per heavy atom. The molecule has 0 aromatic heterocycles. The first kappa shape index (κ1) is 10.7. The van der Waals surface area contributed by atoms with E-state index in [4.69, 9.17) is 11.6 Å². The van der Waals surface area contributed by atoms with Gasteiger partial charge in [-0.25, -0.2) is 0 Å². The summed E-state index contributed by atoms with van der Waals surface area (Å²) >= 11 is 6.21. The highest BCUT2D eigenvalue weighted by atomic mass is 35.5. The predicted molar refractivity (Wildman–Crippen MR) is 65.2 cm³/mol. The second kappa shape index (κ2) is 4.82. The van der Waals surface area contributed by atoms with Crippen LogP contribution < -0.4 is 5.32 Å². The lowest BCUT2D eigenvalue weighted by Crippen LogP contribution is -2.18. The standard InChI is InChI=1S/C13H16ClN/c1-15-13(10-6-2-3-7-10)11-8-4-5-9-12(11)14/h4-6,8-9,13,15H,2-3,7H2,1H3. The summed E-state index contributed by atoms with van der Waals surface area (Å²) in [4.78, 5) is 0. The summed E-state index contributed by atoms with van der Waals surface area (Å²) in [5.41, 5.74) is 2.67. The van der Waals surface area contributed by atoms with Crippen molar-refractivity contribution in [3.63, 3.8) is 0 Å². The van der Waals surface area contributed by atoms with Gasteiger partial charge in [0.25, 0.3) is 0 Å². The highest BCUT2D eigenvalue weighted by Gasteiger charge is 2.18. The molecule has 1 unspecified atom stereocenters. The Morgan fingerprint density at radius 3 is 2.73 bits per heavy atom. The molecule has 1 aromatic rings. The lowest BCUT2D eigenvalue weighted by Gasteiger charge is -2.19. The molecule has 1 aliphatic carbocycles. The number of hydrogen-bond acceptors (Lipinski definition) is 1. The first-order chi connectivity index (χ1) is 7.33. The van der Waals surface area contributed by atoms with Crippen LogP contribution in [-0.2, 0) is 0 Å². The third-order valence-corrected chi connectivity index (χ3v) is 3.30. The molecule has 0 heterocycles. The van der Waals surface area contributed by atoms with E-state index in [0.717, 1.165) is 5.02 Å². The molecular formula is C13H16ClN. The second-order valence-corrected chi connectivity index (χ2v) is 4.32. The molecule has 2 rings (SSSR count). The Kier molecular flexibility index (Phi) is 3.45. The van der Waals surface area contributed by atoms with E-state index in [1.165, 1.54) is 30.4 Å². The van der Waals surface area contributed by atoms with Crippen molar-refractivity contribution in [2.75, 3.05) is 7.05 Å². The van der Waals surface area contributed by atoms with Crippen molar-refractivity contribution in [1.29, 1.82) is 0 Å². The SMILES string of the molecule is CNC(C1=CCCC1)c1ccccc1Cl. The third-order valence-electron chi connectivity index (χ3n) is 2.95. The predicted octanol–water partition coefficient (Wildman–Crippen LogP) is 3.71.